The van der Waals surface area contributed by atoms with Gasteiger partial charge in [0.05, 0.1) is 10.6 Å². The lowest BCUT2D eigenvalue weighted by Crippen LogP contribution is -2.40. The first-order valence-electron chi connectivity index (χ1n) is 7.21. The van der Waals surface area contributed by atoms with E-state index in [4.69, 9.17) is 5.14 Å². The number of nitrogens with zero attached hydrogens (tertiary/aromatic N) is 1. The number of amides is 1. The first-order valence-corrected chi connectivity index (χ1v) is 9.74. The predicted octanol–water partition coefficient (Wildman–Crippen LogP) is 2.04. The second-order valence-electron chi connectivity index (χ2n) is 5.71. The zero-order valence-corrected chi connectivity index (χ0v) is 13.7. The summed E-state index contributed by atoms with van der Waals surface area (Å²) in [6, 6.07) is 9.86. The van der Waals surface area contributed by atoms with Crippen molar-refractivity contribution >= 4 is 37.4 Å². The lowest BCUT2D eigenvalue weighted by Gasteiger charge is -2.31. The summed E-state index contributed by atoms with van der Waals surface area (Å²) < 4.78 is 23.4. The molecule has 1 aromatic heterocycles. The minimum Gasteiger partial charge on any atom is -0.338 e. The van der Waals surface area contributed by atoms with Gasteiger partial charge in [-0.2, -0.15) is 0 Å². The van der Waals surface area contributed by atoms with Crippen molar-refractivity contribution in [3.63, 3.8) is 0 Å². The van der Waals surface area contributed by atoms with E-state index >= 15 is 0 Å². The number of sulfonamides is 1. The number of thiophene rings is 1. The quantitative estimate of drug-likeness (QED) is 0.930. The molecule has 7 heteroatoms. The molecule has 0 unspecified atom stereocenters. The van der Waals surface area contributed by atoms with E-state index in [2.05, 4.69) is 0 Å². The van der Waals surface area contributed by atoms with Gasteiger partial charge in [0.15, 0.2) is 0 Å². The Bertz CT molecular complexity index is 757. The molecular weight excluding hydrogens is 320 g/mol. The Balaban J connectivity index is 1.67. The fourth-order valence-electron chi connectivity index (χ4n) is 2.87. The van der Waals surface area contributed by atoms with E-state index in [-0.39, 0.29) is 17.6 Å². The average molecular weight is 338 g/mol. The van der Waals surface area contributed by atoms with Crippen molar-refractivity contribution in [1.29, 1.82) is 0 Å². The zero-order valence-electron chi connectivity index (χ0n) is 12.1. The summed E-state index contributed by atoms with van der Waals surface area (Å²) >= 11 is 1.50. The van der Waals surface area contributed by atoms with Gasteiger partial charge in [0, 0.05) is 17.8 Å². The number of likely N-dealkylation sites (tertiary alicyclic amines) is 1. The van der Waals surface area contributed by atoms with E-state index in [0.29, 0.717) is 25.9 Å². The third kappa shape index (κ3) is 3.48. The van der Waals surface area contributed by atoms with Crippen LogP contribution in [0.2, 0.25) is 0 Å². The van der Waals surface area contributed by atoms with Gasteiger partial charge in [-0.05, 0) is 36.3 Å². The van der Waals surface area contributed by atoms with E-state index < -0.39 is 10.0 Å². The van der Waals surface area contributed by atoms with Gasteiger partial charge < -0.3 is 4.90 Å². The predicted molar refractivity (Wildman–Crippen MR) is 88.4 cm³/mol. The number of nitrogens with two attached hydrogens (primary N) is 1. The second-order valence-corrected chi connectivity index (χ2v) is 8.46. The summed E-state index contributed by atoms with van der Waals surface area (Å²) in [7, 11) is -3.43. The summed E-state index contributed by atoms with van der Waals surface area (Å²) in [6.45, 7) is 1.18. The van der Waals surface area contributed by atoms with Crippen LogP contribution in [0.25, 0.3) is 10.1 Å². The first kappa shape index (κ1) is 15.5. The average Bonchev–Trinajstić information content (AvgIpc) is 2.89. The fraction of sp³-hybridized carbons (Fsp3) is 0.400. The molecule has 5 nitrogen and oxygen atoms in total. The number of piperidine rings is 1. The van der Waals surface area contributed by atoms with Gasteiger partial charge in [0.25, 0.3) is 5.91 Å². The van der Waals surface area contributed by atoms with Crippen LogP contribution >= 0.6 is 11.3 Å². The Labute approximate surface area is 133 Å². The Morgan fingerprint density at radius 2 is 1.95 bits per heavy atom. The van der Waals surface area contributed by atoms with Crippen LogP contribution in [0.15, 0.2) is 30.3 Å². The van der Waals surface area contributed by atoms with Gasteiger partial charge in [0.1, 0.15) is 0 Å². The second kappa shape index (κ2) is 5.98. The number of hydrogen-bond donors (Lipinski definition) is 1. The molecule has 0 spiro atoms. The third-order valence-electron chi connectivity index (χ3n) is 4.01. The molecule has 1 aromatic carbocycles. The van der Waals surface area contributed by atoms with Crippen LogP contribution in [-0.4, -0.2) is 38.1 Å². The van der Waals surface area contributed by atoms with Gasteiger partial charge in [-0.1, -0.05) is 18.2 Å². The van der Waals surface area contributed by atoms with Crippen molar-refractivity contribution in [2.45, 2.75) is 12.8 Å². The third-order valence-corrected chi connectivity index (χ3v) is 6.05. The lowest BCUT2D eigenvalue weighted by atomic mass is 9.99. The Kier molecular flexibility index (Phi) is 4.20. The summed E-state index contributed by atoms with van der Waals surface area (Å²) in [6.07, 6.45) is 1.38. The Morgan fingerprint density at radius 1 is 1.27 bits per heavy atom. The number of benzene rings is 1. The Morgan fingerprint density at radius 3 is 2.59 bits per heavy atom. The van der Waals surface area contributed by atoms with Crippen LogP contribution in [0.3, 0.4) is 0 Å². The molecule has 1 fully saturated rings. The SMILES string of the molecule is NS(=O)(=O)CC1CCN(C(=O)c2cc3ccccc3s2)CC1. The molecule has 22 heavy (non-hydrogen) atoms. The summed E-state index contributed by atoms with van der Waals surface area (Å²) in [4.78, 5) is 15.1. The molecule has 2 aromatic rings. The highest BCUT2D eigenvalue weighted by Crippen LogP contribution is 2.28. The zero-order chi connectivity index (χ0) is 15.7. The molecule has 2 heterocycles. The standard InChI is InChI=1S/C15H18N2O3S2/c16-22(19,20)10-11-5-7-17(8-6-11)15(18)14-9-12-3-1-2-4-13(12)21-14/h1-4,9,11H,5-8,10H2,(H2,16,19,20). The summed E-state index contributed by atoms with van der Waals surface area (Å²) in [5, 5.41) is 6.17. The van der Waals surface area contributed by atoms with Gasteiger partial charge >= 0.3 is 0 Å². The van der Waals surface area contributed by atoms with Crippen LogP contribution in [0.1, 0.15) is 22.5 Å². The minimum atomic E-state index is -3.43. The summed E-state index contributed by atoms with van der Waals surface area (Å²) in [5.41, 5.74) is 0. The van der Waals surface area contributed by atoms with E-state index in [0.717, 1.165) is 15.0 Å². The maximum absolute atomic E-state index is 12.6. The molecule has 1 aliphatic heterocycles. The molecular formula is C15H18N2O3S2. The highest BCUT2D eigenvalue weighted by molar-refractivity contribution is 7.89. The van der Waals surface area contributed by atoms with Crippen LogP contribution in [-0.2, 0) is 10.0 Å². The van der Waals surface area contributed by atoms with Crippen LogP contribution in [0, 0.1) is 5.92 Å². The minimum absolute atomic E-state index is 0.0118. The highest BCUT2D eigenvalue weighted by atomic mass is 32.2. The maximum Gasteiger partial charge on any atom is 0.263 e. The highest BCUT2D eigenvalue weighted by Gasteiger charge is 2.26. The Hall–Kier alpha value is -1.44. The number of rotatable bonds is 3. The molecule has 1 aliphatic rings. The largest absolute Gasteiger partial charge is 0.338 e. The number of carbonyl (C=O) groups is 1. The fourth-order valence-corrected chi connectivity index (χ4v) is 4.90. The molecule has 0 aliphatic carbocycles. The van der Waals surface area contributed by atoms with Crippen molar-refractivity contribution in [1.82, 2.24) is 4.90 Å². The van der Waals surface area contributed by atoms with Crippen molar-refractivity contribution in [3.05, 3.63) is 35.2 Å². The monoisotopic (exact) mass is 338 g/mol. The molecule has 2 N–H and O–H groups in total. The van der Waals surface area contributed by atoms with Crippen molar-refractivity contribution in [2.75, 3.05) is 18.8 Å². The molecule has 1 amide bonds. The van der Waals surface area contributed by atoms with Crippen molar-refractivity contribution < 1.29 is 13.2 Å². The van der Waals surface area contributed by atoms with E-state index in [9.17, 15) is 13.2 Å². The van der Waals surface area contributed by atoms with Gasteiger partial charge in [-0.25, -0.2) is 13.6 Å². The number of carbonyl (C=O) groups excluding carboxylic acids is 1. The van der Waals surface area contributed by atoms with E-state index in [1.165, 1.54) is 11.3 Å². The first-order chi connectivity index (χ1) is 10.4. The molecule has 0 radical (unpaired) electrons. The molecule has 0 saturated carbocycles. The van der Waals surface area contributed by atoms with Crippen LogP contribution in [0.4, 0.5) is 0 Å². The van der Waals surface area contributed by atoms with Crippen LogP contribution < -0.4 is 5.14 Å². The van der Waals surface area contributed by atoms with Gasteiger partial charge in [0.2, 0.25) is 10.0 Å². The smallest absolute Gasteiger partial charge is 0.263 e. The van der Waals surface area contributed by atoms with Gasteiger partial charge in [-0.15, -0.1) is 11.3 Å². The normalized spacial score (nSPS) is 17.0. The molecule has 3 rings (SSSR count). The molecule has 0 atom stereocenters. The molecule has 0 bridgehead atoms. The van der Waals surface area contributed by atoms with E-state index in [1.54, 1.807) is 0 Å². The van der Waals surface area contributed by atoms with Crippen molar-refractivity contribution in [2.24, 2.45) is 11.1 Å². The lowest BCUT2D eigenvalue weighted by molar-refractivity contribution is 0.0703. The van der Waals surface area contributed by atoms with E-state index in [1.807, 2.05) is 35.2 Å². The summed E-state index contributed by atoms with van der Waals surface area (Å²) in [5.74, 6) is 0.106. The maximum atomic E-state index is 12.6. The topological polar surface area (TPSA) is 80.5 Å². The van der Waals surface area contributed by atoms with Crippen molar-refractivity contribution in [3.8, 4) is 0 Å². The van der Waals surface area contributed by atoms with Gasteiger partial charge in [-0.3, -0.25) is 4.79 Å². The van der Waals surface area contributed by atoms with Crippen LogP contribution in [0.5, 0.6) is 0 Å². The molecule has 1 saturated heterocycles. The number of primary sulfonamides is 1. The molecule has 118 valence electrons. The number of hydrogen-bond acceptors (Lipinski definition) is 4. The number of fused-ring (bicyclic) bond motifs is 1.